The molecular formula is C13H20N4. The molecule has 4 heteroatoms. The van der Waals surface area contributed by atoms with Crippen LogP contribution in [0.2, 0.25) is 0 Å². The van der Waals surface area contributed by atoms with E-state index in [0.717, 1.165) is 6.42 Å². The summed E-state index contributed by atoms with van der Waals surface area (Å²) in [7, 11) is 0. The predicted octanol–water partition coefficient (Wildman–Crippen LogP) is 2.97. The van der Waals surface area contributed by atoms with Gasteiger partial charge in [0.25, 0.3) is 0 Å². The summed E-state index contributed by atoms with van der Waals surface area (Å²) in [6.07, 6.45) is 2.58. The van der Waals surface area contributed by atoms with Crippen LogP contribution in [0.3, 0.4) is 0 Å². The SMILES string of the molecule is CC(C)(C)CC(C)(C)Nc1nccc(C#N)n1. The second-order valence-electron chi connectivity index (χ2n) is 6.12. The maximum absolute atomic E-state index is 8.78. The van der Waals surface area contributed by atoms with Crippen molar-refractivity contribution >= 4 is 5.95 Å². The first-order chi connectivity index (χ1) is 7.72. The van der Waals surface area contributed by atoms with Crippen LogP contribution >= 0.6 is 0 Å². The number of rotatable bonds is 3. The van der Waals surface area contributed by atoms with E-state index >= 15 is 0 Å². The highest BCUT2D eigenvalue weighted by Gasteiger charge is 2.25. The minimum Gasteiger partial charge on any atom is -0.349 e. The van der Waals surface area contributed by atoms with Gasteiger partial charge in [0.15, 0.2) is 0 Å². The zero-order valence-corrected chi connectivity index (χ0v) is 11.2. The number of nitrogens with zero attached hydrogens (tertiary/aromatic N) is 3. The van der Waals surface area contributed by atoms with Crippen molar-refractivity contribution < 1.29 is 0 Å². The van der Waals surface area contributed by atoms with E-state index in [9.17, 15) is 0 Å². The first-order valence-electron chi connectivity index (χ1n) is 5.73. The van der Waals surface area contributed by atoms with E-state index in [2.05, 4.69) is 49.9 Å². The lowest BCUT2D eigenvalue weighted by Gasteiger charge is -2.33. The quantitative estimate of drug-likeness (QED) is 0.870. The Morgan fingerprint density at radius 2 is 1.94 bits per heavy atom. The number of nitrogens with one attached hydrogen (secondary N) is 1. The third kappa shape index (κ3) is 4.81. The van der Waals surface area contributed by atoms with E-state index in [1.165, 1.54) is 0 Å². The molecule has 0 radical (unpaired) electrons. The molecule has 92 valence electrons. The molecule has 4 nitrogen and oxygen atoms in total. The molecule has 0 unspecified atom stereocenters. The molecule has 1 rings (SSSR count). The summed E-state index contributed by atoms with van der Waals surface area (Å²) < 4.78 is 0. The molecule has 0 aliphatic rings. The summed E-state index contributed by atoms with van der Waals surface area (Å²) in [5.41, 5.74) is 0.504. The number of hydrogen-bond acceptors (Lipinski definition) is 4. The molecule has 1 aromatic rings. The van der Waals surface area contributed by atoms with Gasteiger partial charge in [0, 0.05) is 11.7 Å². The van der Waals surface area contributed by atoms with Crippen LogP contribution in [0.5, 0.6) is 0 Å². The lowest BCUT2D eigenvalue weighted by Crippen LogP contribution is -2.36. The van der Waals surface area contributed by atoms with Crippen LogP contribution in [0.15, 0.2) is 12.3 Å². The molecule has 0 spiro atoms. The van der Waals surface area contributed by atoms with Crippen molar-refractivity contribution in [3.63, 3.8) is 0 Å². The fraction of sp³-hybridized carbons (Fsp3) is 0.615. The van der Waals surface area contributed by atoms with E-state index in [1.807, 2.05) is 6.07 Å². The molecule has 0 saturated heterocycles. The van der Waals surface area contributed by atoms with Gasteiger partial charge in [0.05, 0.1) is 0 Å². The van der Waals surface area contributed by atoms with Crippen LogP contribution in [0, 0.1) is 16.7 Å². The molecule has 0 atom stereocenters. The third-order valence-electron chi connectivity index (χ3n) is 2.19. The highest BCUT2D eigenvalue weighted by atomic mass is 15.1. The average molecular weight is 232 g/mol. The molecule has 1 heterocycles. The van der Waals surface area contributed by atoms with Gasteiger partial charge in [0.2, 0.25) is 5.95 Å². The maximum Gasteiger partial charge on any atom is 0.224 e. The maximum atomic E-state index is 8.78. The van der Waals surface area contributed by atoms with Crippen molar-refractivity contribution in [2.45, 2.75) is 46.6 Å². The van der Waals surface area contributed by atoms with Gasteiger partial charge in [-0.3, -0.25) is 0 Å². The molecule has 0 amide bonds. The average Bonchev–Trinajstić information content (AvgIpc) is 2.13. The standard InChI is InChI=1S/C13H20N4/c1-12(2,3)9-13(4,5)17-11-15-7-6-10(8-14)16-11/h6-7H,9H2,1-5H3,(H,15,16,17). The third-order valence-corrected chi connectivity index (χ3v) is 2.19. The van der Waals surface area contributed by atoms with Crippen molar-refractivity contribution in [2.75, 3.05) is 5.32 Å². The molecular weight excluding hydrogens is 212 g/mol. The molecule has 0 saturated carbocycles. The summed E-state index contributed by atoms with van der Waals surface area (Å²) >= 11 is 0. The second kappa shape index (κ2) is 4.70. The van der Waals surface area contributed by atoms with Gasteiger partial charge in [0.1, 0.15) is 11.8 Å². The molecule has 1 N–H and O–H groups in total. The summed E-state index contributed by atoms with van der Waals surface area (Å²) in [6.45, 7) is 10.8. The van der Waals surface area contributed by atoms with Crippen molar-refractivity contribution in [2.24, 2.45) is 5.41 Å². The summed E-state index contributed by atoms with van der Waals surface area (Å²) in [5.74, 6) is 0.512. The Kier molecular flexibility index (Phi) is 3.72. The van der Waals surface area contributed by atoms with Crippen molar-refractivity contribution in [3.05, 3.63) is 18.0 Å². The second-order valence-corrected chi connectivity index (χ2v) is 6.12. The lowest BCUT2D eigenvalue weighted by molar-refractivity contribution is 0.301. The molecule has 0 bridgehead atoms. The van der Waals surface area contributed by atoms with Gasteiger partial charge in [-0.25, -0.2) is 9.97 Å². The first kappa shape index (κ1) is 13.4. The van der Waals surface area contributed by atoms with E-state index in [1.54, 1.807) is 12.3 Å². The van der Waals surface area contributed by atoms with Gasteiger partial charge in [-0.1, -0.05) is 20.8 Å². The van der Waals surface area contributed by atoms with E-state index in [0.29, 0.717) is 11.6 Å². The van der Waals surface area contributed by atoms with E-state index in [-0.39, 0.29) is 11.0 Å². The van der Waals surface area contributed by atoms with Gasteiger partial charge in [-0.2, -0.15) is 5.26 Å². The van der Waals surface area contributed by atoms with Crippen LogP contribution in [-0.2, 0) is 0 Å². The normalized spacial score (nSPS) is 12.0. The van der Waals surface area contributed by atoms with Gasteiger partial charge in [-0.15, -0.1) is 0 Å². The van der Waals surface area contributed by atoms with E-state index in [4.69, 9.17) is 5.26 Å². The topological polar surface area (TPSA) is 61.6 Å². The van der Waals surface area contributed by atoms with Crippen LogP contribution in [-0.4, -0.2) is 15.5 Å². The van der Waals surface area contributed by atoms with Crippen LogP contribution in [0.4, 0.5) is 5.95 Å². The summed E-state index contributed by atoms with van der Waals surface area (Å²) in [6, 6.07) is 3.61. The highest BCUT2D eigenvalue weighted by Crippen LogP contribution is 2.28. The van der Waals surface area contributed by atoms with Crippen molar-refractivity contribution in [3.8, 4) is 6.07 Å². The van der Waals surface area contributed by atoms with Gasteiger partial charge >= 0.3 is 0 Å². The number of aromatic nitrogens is 2. The minimum atomic E-state index is -0.105. The monoisotopic (exact) mass is 232 g/mol. The number of anilines is 1. The van der Waals surface area contributed by atoms with Crippen molar-refractivity contribution in [1.82, 2.24) is 9.97 Å². The Labute approximate surface area is 103 Å². The van der Waals surface area contributed by atoms with Gasteiger partial charge < -0.3 is 5.32 Å². The molecule has 1 aromatic heterocycles. The highest BCUT2D eigenvalue weighted by molar-refractivity contribution is 5.32. The zero-order valence-electron chi connectivity index (χ0n) is 11.2. The van der Waals surface area contributed by atoms with Crippen LogP contribution in [0.1, 0.15) is 46.7 Å². The fourth-order valence-corrected chi connectivity index (χ4v) is 2.15. The molecule has 0 aliphatic carbocycles. The molecule has 0 aliphatic heterocycles. The predicted molar refractivity (Wildman–Crippen MR) is 68.5 cm³/mol. The Morgan fingerprint density at radius 3 is 2.47 bits per heavy atom. The van der Waals surface area contributed by atoms with Crippen LogP contribution < -0.4 is 5.32 Å². The molecule has 0 aromatic carbocycles. The Morgan fingerprint density at radius 1 is 1.29 bits per heavy atom. The Bertz CT molecular complexity index is 424. The van der Waals surface area contributed by atoms with E-state index < -0.39 is 0 Å². The number of hydrogen-bond donors (Lipinski definition) is 1. The first-order valence-corrected chi connectivity index (χ1v) is 5.73. The largest absolute Gasteiger partial charge is 0.349 e. The van der Waals surface area contributed by atoms with Crippen LogP contribution in [0.25, 0.3) is 0 Å². The smallest absolute Gasteiger partial charge is 0.224 e. The van der Waals surface area contributed by atoms with Crippen molar-refractivity contribution in [1.29, 1.82) is 5.26 Å². The fourth-order valence-electron chi connectivity index (χ4n) is 2.15. The minimum absolute atomic E-state index is 0.105. The Balaban J connectivity index is 2.79. The lowest BCUT2D eigenvalue weighted by atomic mass is 9.82. The van der Waals surface area contributed by atoms with Gasteiger partial charge in [-0.05, 0) is 31.7 Å². The molecule has 0 fully saturated rings. The Hall–Kier alpha value is -1.63. The summed E-state index contributed by atoms with van der Waals surface area (Å²) in [4.78, 5) is 8.25. The molecule has 17 heavy (non-hydrogen) atoms. The number of nitriles is 1. The summed E-state index contributed by atoms with van der Waals surface area (Å²) in [5, 5.41) is 12.1. The zero-order chi connectivity index (χ0) is 13.1.